The summed E-state index contributed by atoms with van der Waals surface area (Å²) < 4.78 is 7.45. The van der Waals surface area contributed by atoms with E-state index in [-0.39, 0.29) is 0 Å². The molecule has 14 aromatic rings. The van der Waals surface area contributed by atoms with Crippen LogP contribution in [0, 0.1) is 0 Å². The molecule has 5 aromatic heterocycles. The van der Waals surface area contributed by atoms with Crippen LogP contribution in [0.5, 0.6) is 0 Å². The number of hydrogen-bond donors (Lipinski definition) is 0. The van der Waals surface area contributed by atoms with Crippen molar-refractivity contribution in [2.24, 2.45) is 0 Å². The Morgan fingerprint density at radius 1 is 0.373 bits per heavy atom. The highest BCUT2D eigenvalue weighted by molar-refractivity contribution is 7.26. The molecule has 0 N–H and O–H groups in total. The summed E-state index contributed by atoms with van der Waals surface area (Å²) in [5.41, 5.74) is 11.1. The van der Waals surface area contributed by atoms with Gasteiger partial charge in [0.25, 0.3) is 0 Å². The zero-order valence-electron chi connectivity index (χ0n) is 31.5. The highest BCUT2D eigenvalue weighted by Crippen LogP contribution is 2.49. The quantitative estimate of drug-likeness (QED) is 0.168. The molecule has 0 aliphatic rings. The van der Waals surface area contributed by atoms with Crippen LogP contribution in [0.25, 0.3) is 130 Å². The minimum atomic E-state index is 0.661. The summed E-state index contributed by atoms with van der Waals surface area (Å²) in [5, 5.41) is 13.3. The predicted octanol–water partition coefficient (Wildman–Crippen LogP) is 14.7. The van der Waals surface area contributed by atoms with E-state index in [9.17, 15) is 0 Å². The second-order valence-corrected chi connectivity index (χ2v) is 16.8. The molecule has 0 saturated heterocycles. The maximum Gasteiger partial charge on any atom is 0.235 e. The zero-order chi connectivity index (χ0) is 38.3. The van der Waals surface area contributed by atoms with E-state index in [4.69, 9.17) is 9.97 Å². The lowest BCUT2D eigenvalue weighted by molar-refractivity contribution is 1.02. The molecule has 0 saturated carbocycles. The standard InChI is InChI=1S/C54H30N4S/c1-2-13-31(14-3-1)33-16-10-17-34(29-33)50-41-28-27-32-15-4-5-18-35(32)51(41)56-54(55-50)57-43-25-12-21-37-39-23-11-22-38-36-19-6-8-24-42(36)58(52(38)39)53-48-40-20-7-9-26-45(40)59-46(48)30-44(57)49(53)47(37)43/h1-30H. The number of hydrogen-bond acceptors (Lipinski definition) is 3. The van der Waals surface area contributed by atoms with Gasteiger partial charge >= 0.3 is 0 Å². The Kier molecular flexibility index (Phi) is 6.14. The van der Waals surface area contributed by atoms with Crippen molar-refractivity contribution in [3.05, 3.63) is 182 Å². The summed E-state index contributed by atoms with van der Waals surface area (Å²) in [5.74, 6) is 0.661. The first-order valence-electron chi connectivity index (χ1n) is 20.1. The monoisotopic (exact) mass is 766 g/mol. The lowest BCUT2D eigenvalue weighted by Gasteiger charge is -2.14. The molecule has 5 heteroatoms. The van der Waals surface area contributed by atoms with Crippen LogP contribution in [0.15, 0.2) is 182 Å². The highest BCUT2D eigenvalue weighted by Gasteiger charge is 2.26. The Balaban J connectivity index is 1.21. The summed E-state index contributed by atoms with van der Waals surface area (Å²) in [6.07, 6.45) is 0. The number of rotatable bonds is 3. The van der Waals surface area contributed by atoms with Crippen LogP contribution in [0.3, 0.4) is 0 Å². The average molecular weight is 767 g/mol. The Morgan fingerprint density at radius 3 is 1.97 bits per heavy atom. The molecule has 14 rings (SSSR count). The van der Waals surface area contributed by atoms with Crippen molar-refractivity contribution >= 4 is 113 Å². The normalized spacial score (nSPS) is 12.4. The fraction of sp³-hybridized carbons (Fsp3) is 0. The van der Waals surface area contributed by atoms with Crippen LogP contribution in [-0.4, -0.2) is 18.9 Å². The molecule has 0 bridgehead atoms. The molecule has 272 valence electrons. The molecule has 4 nitrogen and oxygen atoms in total. The molecule has 0 radical (unpaired) electrons. The van der Waals surface area contributed by atoms with Crippen molar-refractivity contribution in [2.45, 2.75) is 0 Å². The maximum absolute atomic E-state index is 5.65. The number of thiophene rings is 1. The molecule has 0 aliphatic heterocycles. The van der Waals surface area contributed by atoms with Gasteiger partial charge in [-0.05, 0) is 58.3 Å². The molecule has 0 spiro atoms. The lowest BCUT2D eigenvalue weighted by atomic mass is 9.98. The minimum Gasteiger partial charge on any atom is -0.307 e. The van der Waals surface area contributed by atoms with Gasteiger partial charge in [0, 0.05) is 63.4 Å². The van der Waals surface area contributed by atoms with Gasteiger partial charge in [0.1, 0.15) is 0 Å². The molecule has 0 amide bonds. The largest absolute Gasteiger partial charge is 0.307 e. The minimum absolute atomic E-state index is 0.661. The lowest BCUT2D eigenvalue weighted by Crippen LogP contribution is -2.04. The van der Waals surface area contributed by atoms with Gasteiger partial charge in [-0.3, -0.25) is 4.57 Å². The van der Waals surface area contributed by atoms with Gasteiger partial charge in [-0.1, -0.05) is 146 Å². The first-order chi connectivity index (χ1) is 29.3. The van der Waals surface area contributed by atoms with Gasteiger partial charge in [-0.25, -0.2) is 9.97 Å². The average Bonchev–Trinajstić information content (AvgIpc) is 3.93. The van der Waals surface area contributed by atoms with E-state index >= 15 is 0 Å². The van der Waals surface area contributed by atoms with E-state index in [1.807, 2.05) is 11.3 Å². The number of aromatic nitrogens is 4. The topological polar surface area (TPSA) is 35.1 Å². The predicted molar refractivity (Wildman–Crippen MR) is 250 cm³/mol. The highest BCUT2D eigenvalue weighted by atomic mass is 32.1. The number of benzene rings is 9. The Bertz CT molecular complexity index is 4080. The summed E-state index contributed by atoms with van der Waals surface area (Å²) >= 11 is 1.86. The second-order valence-electron chi connectivity index (χ2n) is 15.7. The SMILES string of the molecule is c1ccc(-c2cccc(-c3nc(-n4c5cccc6c7cccc8c9ccccc9n(c78)c7c8c(cc4c7c65)sc4ccccc48)nc4c3ccc3ccccc34)c2)cc1. The van der Waals surface area contributed by atoms with Crippen molar-refractivity contribution in [1.82, 2.24) is 18.9 Å². The molecular formula is C54H30N4S. The van der Waals surface area contributed by atoms with Crippen molar-refractivity contribution in [3.63, 3.8) is 0 Å². The third-order valence-electron chi connectivity index (χ3n) is 12.6. The molecule has 0 unspecified atom stereocenters. The van der Waals surface area contributed by atoms with Gasteiger partial charge < -0.3 is 4.40 Å². The first-order valence-corrected chi connectivity index (χ1v) is 20.9. The third-order valence-corrected chi connectivity index (χ3v) is 13.7. The number of fused-ring (bicyclic) bond motifs is 12. The zero-order valence-corrected chi connectivity index (χ0v) is 32.3. The fourth-order valence-electron chi connectivity index (χ4n) is 10.2. The fourth-order valence-corrected chi connectivity index (χ4v) is 11.3. The maximum atomic E-state index is 5.65. The van der Waals surface area contributed by atoms with Crippen LogP contribution in [0.4, 0.5) is 0 Å². The Hall–Kier alpha value is -7.60. The van der Waals surface area contributed by atoms with E-state index in [0.717, 1.165) is 49.5 Å². The summed E-state index contributed by atoms with van der Waals surface area (Å²) in [6.45, 7) is 0. The van der Waals surface area contributed by atoms with E-state index < -0.39 is 0 Å². The molecule has 0 fully saturated rings. The Labute approximate surface area is 340 Å². The molecule has 0 aliphatic carbocycles. The van der Waals surface area contributed by atoms with E-state index in [1.54, 1.807) is 0 Å². The molecular weight excluding hydrogens is 737 g/mol. The van der Waals surface area contributed by atoms with Gasteiger partial charge in [-0.2, -0.15) is 0 Å². The second kappa shape index (κ2) is 11.5. The molecule has 0 atom stereocenters. The van der Waals surface area contributed by atoms with Gasteiger partial charge in [-0.15, -0.1) is 11.3 Å². The van der Waals surface area contributed by atoms with E-state index in [0.29, 0.717) is 5.95 Å². The van der Waals surface area contributed by atoms with Gasteiger partial charge in [0.2, 0.25) is 5.95 Å². The number of nitrogens with zero attached hydrogens (tertiary/aromatic N) is 4. The smallest absolute Gasteiger partial charge is 0.235 e. The van der Waals surface area contributed by atoms with Gasteiger partial charge in [0.15, 0.2) is 0 Å². The summed E-state index contributed by atoms with van der Waals surface area (Å²) in [6, 6.07) is 66.2. The van der Waals surface area contributed by atoms with E-state index in [2.05, 4.69) is 191 Å². The van der Waals surface area contributed by atoms with Crippen molar-refractivity contribution in [2.75, 3.05) is 0 Å². The third kappa shape index (κ3) is 4.16. The van der Waals surface area contributed by atoms with Gasteiger partial charge in [0.05, 0.1) is 38.8 Å². The molecule has 59 heavy (non-hydrogen) atoms. The van der Waals surface area contributed by atoms with Crippen molar-refractivity contribution in [1.29, 1.82) is 0 Å². The van der Waals surface area contributed by atoms with Crippen LogP contribution in [0.1, 0.15) is 0 Å². The van der Waals surface area contributed by atoms with Crippen LogP contribution in [-0.2, 0) is 0 Å². The van der Waals surface area contributed by atoms with Crippen LogP contribution < -0.4 is 0 Å². The van der Waals surface area contributed by atoms with Crippen LogP contribution >= 0.6 is 11.3 Å². The van der Waals surface area contributed by atoms with Crippen molar-refractivity contribution < 1.29 is 0 Å². The van der Waals surface area contributed by atoms with E-state index in [1.165, 1.54) is 74.6 Å². The van der Waals surface area contributed by atoms with Crippen molar-refractivity contribution in [3.8, 4) is 28.3 Å². The van der Waals surface area contributed by atoms with Crippen LogP contribution in [0.2, 0.25) is 0 Å². The summed E-state index contributed by atoms with van der Waals surface area (Å²) in [4.78, 5) is 11.3. The molecule has 5 heterocycles. The molecule has 9 aromatic carbocycles. The first kappa shape index (κ1) is 31.5. The Morgan fingerprint density at radius 2 is 1.05 bits per heavy atom. The summed E-state index contributed by atoms with van der Waals surface area (Å²) in [7, 11) is 0. The number of para-hydroxylation sites is 2.